The number of ether oxygens (including phenoxy) is 1. The molecule has 3 atom stereocenters. The van der Waals surface area contributed by atoms with Crippen molar-refractivity contribution in [3.05, 3.63) is 34.7 Å². The van der Waals surface area contributed by atoms with Gasteiger partial charge >= 0.3 is 0 Å². The van der Waals surface area contributed by atoms with Crippen LogP contribution < -0.4 is 9.80 Å². The van der Waals surface area contributed by atoms with Crippen LogP contribution in [-0.4, -0.2) is 59.6 Å². The number of rotatable bonds is 3. The molecule has 8 heteroatoms. The van der Waals surface area contributed by atoms with E-state index < -0.39 is 0 Å². The van der Waals surface area contributed by atoms with Gasteiger partial charge in [-0.1, -0.05) is 29.8 Å². The fourth-order valence-electron chi connectivity index (χ4n) is 5.02. The SMILES string of the molecule is OC1CCN(c2nc(N3C4CCC3COC4)c3c(-c4ccccc4Cl)csc3n2)C1. The van der Waals surface area contributed by atoms with Crippen LogP contribution in [0.1, 0.15) is 19.3 Å². The number of hydrogen-bond acceptors (Lipinski definition) is 7. The molecule has 3 saturated heterocycles. The number of benzene rings is 1. The first-order valence-corrected chi connectivity index (χ1v) is 11.8. The summed E-state index contributed by atoms with van der Waals surface area (Å²) in [6, 6.07) is 8.65. The lowest BCUT2D eigenvalue weighted by atomic mass is 10.1. The summed E-state index contributed by atoms with van der Waals surface area (Å²) in [5, 5.41) is 14.0. The molecule has 3 unspecified atom stereocenters. The van der Waals surface area contributed by atoms with Crippen molar-refractivity contribution in [3.63, 3.8) is 0 Å². The van der Waals surface area contributed by atoms with Gasteiger partial charge in [0.1, 0.15) is 10.6 Å². The van der Waals surface area contributed by atoms with E-state index in [9.17, 15) is 5.11 Å². The lowest BCUT2D eigenvalue weighted by Gasteiger charge is -2.36. The maximum Gasteiger partial charge on any atom is 0.228 e. The van der Waals surface area contributed by atoms with E-state index in [1.807, 2.05) is 18.2 Å². The summed E-state index contributed by atoms with van der Waals surface area (Å²) in [5.41, 5.74) is 2.11. The Bertz CT molecular complexity index is 1090. The van der Waals surface area contributed by atoms with Crippen molar-refractivity contribution in [3.8, 4) is 11.1 Å². The minimum absolute atomic E-state index is 0.311. The van der Waals surface area contributed by atoms with Gasteiger partial charge in [-0.05, 0) is 25.3 Å². The molecule has 156 valence electrons. The monoisotopic (exact) mass is 442 g/mol. The summed E-state index contributed by atoms with van der Waals surface area (Å²) in [7, 11) is 0. The Kier molecular flexibility index (Phi) is 4.60. The van der Waals surface area contributed by atoms with Crippen LogP contribution in [0.25, 0.3) is 21.3 Å². The van der Waals surface area contributed by atoms with E-state index in [-0.39, 0.29) is 6.10 Å². The second-order valence-electron chi connectivity index (χ2n) is 8.37. The molecular weight excluding hydrogens is 420 g/mol. The van der Waals surface area contributed by atoms with Crippen LogP contribution in [0.15, 0.2) is 29.6 Å². The van der Waals surface area contributed by atoms with Crippen LogP contribution in [-0.2, 0) is 4.74 Å². The first-order valence-electron chi connectivity index (χ1n) is 10.5. The van der Waals surface area contributed by atoms with Gasteiger partial charge in [-0.25, -0.2) is 4.98 Å². The molecule has 3 aliphatic heterocycles. The topological polar surface area (TPSA) is 61.7 Å². The van der Waals surface area contributed by atoms with E-state index in [1.54, 1.807) is 11.3 Å². The van der Waals surface area contributed by atoms with Crippen LogP contribution >= 0.6 is 22.9 Å². The van der Waals surface area contributed by atoms with Crippen molar-refractivity contribution in [1.82, 2.24) is 9.97 Å². The van der Waals surface area contributed by atoms with Gasteiger partial charge in [-0.15, -0.1) is 11.3 Å². The summed E-state index contributed by atoms with van der Waals surface area (Å²) in [6.45, 7) is 2.85. The van der Waals surface area contributed by atoms with E-state index in [4.69, 9.17) is 26.3 Å². The largest absolute Gasteiger partial charge is 0.391 e. The average molecular weight is 443 g/mol. The molecule has 0 spiro atoms. The Labute approximate surface area is 184 Å². The molecule has 3 aliphatic rings. The Morgan fingerprint density at radius 1 is 1.07 bits per heavy atom. The molecule has 1 N–H and O–H groups in total. The molecule has 0 aliphatic carbocycles. The van der Waals surface area contributed by atoms with Gasteiger partial charge in [0.05, 0.1) is 36.8 Å². The van der Waals surface area contributed by atoms with E-state index >= 15 is 0 Å². The average Bonchev–Trinajstić information content (AvgIpc) is 3.44. The smallest absolute Gasteiger partial charge is 0.228 e. The van der Waals surface area contributed by atoms with Gasteiger partial charge in [-0.2, -0.15) is 4.98 Å². The fourth-order valence-corrected chi connectivity index (χ4v) is 6.18. The zero-order chi connectivity index (χ0) is 20.2. The number of halogens is 1. The lowest BCUT2D eigenvalue weighted by Crippen LogP contribution is -2.46. The van der Waals surface area contributed by atoms with Crippen molar-refractivity contribution in [2.24, 2.45) is 0 Å². The van der Waals surface area contributed by atoms with Crippen molar-refractivity contribution < 1.29 is 9.84 Å². The van der Waals surface area contributed by atoms with Crippen LogP contribution in [0, 0.1) is 0 Å². The van der Waals surface area contributed by atoms with Gasteiger partial charge in [0.2, 0.25) is 5.95 Å². The molecule has 5 heterocycles. The van der Waals surface area contributed by atoms with Crippen LogP contribution in [0.5, 0.6) is 0 Å². The maximum atomic E-state index is 10.0. The van der Waals surface area contributed by atoms with Gasteiger partial charge in [0.25, 0.3) is 0 Å². The van der Waals surface area contributed by atoms with Gasteiger partial charge < -0.3 is 19.6 Å². The van der Waals surface area contributed by atoms with Crippen LogP contribution in [0.4, 0.5) is 11.8 Å². The first kappa shape index (κ1) is 18.8. The molecule has 30 heavy (non-hydrogen) atoms. The van der Waals surface area contributed by atoms with Crippen LogP contribution in [0.2, 0.25) is 5.02 Å². The molecule has 3 fully saturated rings. The highest BCUT2D eigenvalue weighted by Gasteiger charge is 2.40. The Morgan fingerprint density at radius 3 is 2.60 bits per heavy atom. The second-order valence-corrected chi connectivity index (χ2v) is 9.64. The van der Waals surface area contributed by atoms with E-state index in [2.05, 4.69) is 21.2 Å². The summed E-state index contributed by atoms with van der Waals surface area (Å²) in [5.74, 6) is 1.70. The Morgan fingerprint density at radius 2 is 1.87 bits per heavy atom. The molecule has 2 aromatic heterocycles. The van der Waals surface area contributed by atoms with E-state index in [0.29, 0.717) is 24.6 Å². The second kappa shape index (κ2) is 7.34. The number of β-amino-alcohol motifs (C(OH)–C–C–N with tert-alkyl or cyclic N) is 1. The first-order chi connectivity index (χ1) is 14.7. The molecule has 2 bridgehead atoms. The minimum Gasteiger partial charge on any atom is -0.391 e. The normalized spacial score (nSPS) is 26.1. The number of aromatic nitrogens is 2. The third-order valence-corrected chi connectivity index (χ3v) is 7.70. The Balaban J connectivity index is 1.56. The quantitative estimate of drug-likeness (QED) is 0.662. The molecule has 0 radical (unpaired) electrons. The van der Waals surface area contributed by atoms with E-state index in [0.717, 1.165) is 71.2 Å². The number of thiophene rings is 1. The summed E-state index contributed by atoms with van der Waals surface area (Å²) in [4.78, 5) is 15.6. The van der Waals surface area contributed by atoms with Crippen LogP contribution in [0.3, 0.4) is 0 Å². The number of aliphatic hydroxyl groups is 1. The third kappa shape index (κ3) is 2.99. The number of aliphatic hydroxyl groups excluding tert-OH is 1. The highest BCUT2D eigenvalue weighted by molar-refractivity contribution is 7.17. The van der Waals surface area contributed by atoms with Crippen molar-refractivity contribution in [2.45, 2.75) is 37.5 Å². The Hall–Kier alpha value is -1.93. The van der Waals surface area contributed by atoms with Crippen molar-refractivity contribution in [2.75, 3.05) is 36.1 Å². The number of fused-ring (bicyclic) bond motifs is 3. The molecule has 0 amide bonds. The van der Waals surface area contributed by atoms with E-state index in [1.165, 1.54) is 0 Å². The number of morpholine rings is 1. The highest BCUT2D eigenvalue weighted by atomic mass is 35.5. The molecule has 3 aromatic rings. The minimum atomic E-state index is -0.311. The molecule has 6 rings (SSSR count). The van der Waals surface area contributed by atoms with Crippen molar-refractivity contribution >= 4 is 44.9 Å². The molecule has 0 saturated carbocycles. The highest BCUT2D eigenvalue weighted by Crippen LogP contribution is 2.45. The summed E-state index contributed by atoms with van der Waals surface area (Å²) in [6.07, 6.45) is 2.70. The summed E-state index contributed by atoms with van der Waals surface area (Å²) < 4.78 is 5.83. The number of anilines is 2. The van der Waals surface area contributed by atoms with Gasteiger partial charge in [0.15, 0.2) is 0 Å². The predicted molar refractivity (Wildman–Crippen MR) is 121 cm³/mol. The zero-order valence-electron chi connectivity index (χ0n) is 16.5. The standard InChI is InChI=1S/C22H23ClN4O2S/c23-18-4-2-1-3-16(18)17-12-30-21-19(17)20(27-13-5-6-14(27)11-29-10-13)24-22(25-21)26-8-7-15(28)9-26/h1-4,12-15,28H,5-11H2. The zero-order valence-corrected chi connectivity index (χ0v) is 18.1. The van der Waals surface area contributed by atoms with Crippen molar-refractivity contribution in [1.29, 1.82) is 0 Å². The van der Waals surface area contributed by atoms with Gasteiger partial charge in [0, 0.05) is 34.6 Å². The lowest BCUT2D eigenvalue weighted by molar-refractivity contribution is 0.0904. The number of hydrogen-bond donors (Lipinski definition) is 1. The molecule has 1 aromatic carbocycles. The number of nitrogens with zero attached hydrogens (tertiary/aromatic N) is 4. The predicted octanol–water partition coefficient (Wildman–Crippen LogP) is 3.95. The maximum absolute atomic E-state index is 10.0. The third-order valence-electron chi connectivity index (χ3n) is 6.50. The summed E-state index contributed by atoms with van der Waals surface area (Å²) >= 11 is 8.20. The molecular formula is C22H23ClN4O2S. The fraction of sp³-hybridized carbons (Fsp3) is 0.455. The molecule has 6 nitrogen and oxygen atoms in total. The van der Waals surface area contributed by atoms with Gasteiger partial charge in [-0.3, -0.25) is 0 Å².